The van der Waals surface area contributed by atoms with Crippen LogP contribution in [0.4, 0.5) is 0 Å². The fourth-order valence-electron chi connectivity index (χ4n) is 1.82. The molecule has 15 heavy (non-hydrogen) atoms. The average molecular weight is 269 g/mol. The zero-order chi connectivity index (χ0) is 11.0. The molecule has 0 aliphatic carbocycles. The van der Waals surface area contributed by atoms with E-state index in [2.05, 4.69) is 21.0 Å². The molecule has 1 N–H and O–H groups in total. The van der Waals surface area contributed by atoms with Crippen molar-refractivity contribution in [1.29, 1.82) is 0 Å². The number of halogens is 1. The average Bonchev–Trinajstić information content (AvgIpc) is 2.54. The first-order valence-electron chi connectivity index (χ1n) is 4.87. The van der Waals surface area contributed by atoms with Gasteiger partial charge in [-0.25, -0.2) is 0 Å². The van der Waals surface area contributed by atoms with Crippen LogP contribution < -0.4 is 0 Å². The van der Waals surface area contributed by atoms with Crippen LogP contribution in [0.3, 0.4) is 0 Å². The predicted octanol–water partition coefficient (Wildman–Crippen LogP) is 2.43. The molecule has 1 unspecified atom stereocenters. The molecular weight excluding hydrogens is 256 g/mol. The van der Waals surface area contributed by atoms with Crippen LogP contribution in [0.25, 0.3) is 10.9 Å². The van der Waals surface area contributed by atoms with Gasteiger partial charge in [-0.1, -0.05) is 25.1 Å². The number of aromatic nitrogens is 2. The minimum atomic E-state index is 0.135. The number of aliphatic hydroxyl groups excluding tert-OH is 1. The zero-order valence-corrected chi connectivity index (χ0v) is 10.3. The molecule has 4 heteroatoms. The highest BCUT2D eigenvalue weighted by Gasteiger charge is 2.13. The van der Waals surface area contributed by atoms with Gasteiger partial charge in [0.2, 0.25) is 0 Å². The Kier molecular flexibility index (Phi) is 2.80. The Bertz CT molecular complexity index is 493. The van der Waals surface area contributed by atoms with Crippen LogP contribution in [-0.4, -0.2) is 21.5 Å². The van der Waals surface area contributed by atoms with Crippen LogP contribution in [0.1, 0.15) is 18.4 Å². The molecule has 80 valence electrons. The maximum Gasteiger partial charge on any atom is 0.135 e. The minimum Gasteiger partial charge on any atom is -0.396 e. The second-order valence-electron chi connectivity index (χ2n) is 3.74. The number of para-hydroxylation sites is 1. The van der Waals surface area contributed by atoms with E-state index in [9.17, 15) is 5.11 Å². The molecule has 0 saturated heterocycles. The van der Waals surface area contributed by atoms with Crippen molar-refractivity contribution in [3.05, 3.63) is 28.4 Å². The first-order chi connectivity index (χ1) is 7.15. The van der Waals surface area contributed by atoms with Gasteiger partial charge in [-0.15, -0.1) is 0 Å². The monoisotopic (exact) mass is 268 g/mol. The smallest absolute Gasteiger partial charge is 0.135 e. The van der Waals surface area contributed by atoms with Gasteiger partial charge in [0, 0.05) is 25.0 Å². The molecule has 2 rings (SSSR count). The molecule has 0 bridgehead atoms. The molecule has 0 aliphatic heterocycles. The molecule has 1 aromatic carbocycles. The topological polar surface area (TPSA) is 38.1 Å². The first-order valence-corrected chi connectivity index (χ1v) is 5.66. The summed E-state index contributed by atoms with van der Waals surface area (Å²) in [6.45, 7) is 2.16. The summed E-state index contributed by atoms with van der Waals surface area (Å²) in [5, 5.41) is 14.6. The maximum absolute atomic E-state index is 9.20. The van der Waals surface area contributed by atoms with Crippen LogP contribution in [-0.2, 0) is 7.05 Å². The third-order valence-electron chi connectivity index (χ3n) is 2.66. The second kappa shape index (κ2) is 3.94. The molecule has 0 amide bonds. The summed E-state index contributed by atoms with van der Waals surface area (Å²) in [6.07, 6.45) is 0. The van der Waals surface area contributed by atoms with E-state index in [1.165, 1.54) is 0 Å². The summed E-state index contributed by atoms with van der Waals surface area (Å²) in [6, 6.07) is 6.06. The number of nitrogens with zero attached hydrogens (tertiary/aromatic N) is 2. The van der Waals surface area contributed by atoms with Crippen LogP contribution in [0, 0.1) is 0 Å². The van der Waals surface area contributed by atoms with Gasteiger partial charge in [-0.3, -0.25) is 4.68 Å². The van der Waals surface area contributed by atoms with Crippen molar-refractivity contribution < 1.29 is 5.11 Å². The van der Waals surface area contributed by atoms with E-state index in [4.69, 9.17) is 0 Å². The van der Waals surface area contributed by atoms with Crippen molar-refractivity contribution in [1.82, 2.24) is 9.78 Å². The zero-order valence-electron chi connectivity index (χ0n) is 8.74. The summed E-state index contributed by atoms with van der Waals surface area (Å²) in [5.74, 6) is 0.135. The van der Waals surface area contributed by atoms with E-state index in [1.54, 1.807) is 0 Å². The van der Waals surface area contributed by atoms with Crippen molar-refractivity contribution in [3.8, 4) is 0 Å². The lowest BCUT2D eigenvalue weighted by atomic mass is 10.00. The maximum atomic E-state index is 9.20. The Morgan fingerprint density at radius 3 is 2.93 bits per heavy atom. The molecule has 2 aromatic rings. The number of hydrogen-bond donors (Lipinski definition) is 1. The fourth-order valence-corrected chi connectivity index (χ4v) is 2.38. The number of hydrogen-bond acceptors (Lipinski definition) is 2. The number of aryl methyl sites for hydroxylation is 1. The van der Waals surface area contributed by atoms with Gasteiger partial charge >= 0.3 is 0 Å². The largest absolute Gasteiger partial charge is 0.396 e. The predicted molar refractivity (Wildman–Crippen MR) is 63.9 cm³/mol. The first kappa shape index (κ1) is 10.6. The second-order valence-corrected chi connectivity index (χ2v) is 4.49. The molecule has 1 aromatic heterocycles. The van der Waals surface area contributed by atoms with Gasteiger partial charge in [0.1, 0.15) is 4.60 Å². The number of rotatable bonds is 2. The lowest BCUT2D eigenvalue weighted by Crippen LogP contribution is -2.02. The highest BCUT2D eigenvalue weighted by atomic mass is 79.9. The molecule has 0 spiro atoms. The number of aliphatic hydroxyl groups is 1. The van der Waals surface area contributed by atoms with Gasteiger partial charge in [0.25, 0.3) is 0 Å². The number of fused-ring (bicyclic) bond motifs is 1. The highest BCUT2D eigenvalue weighted by Crippen LogP contribution is 2.29. The van der Waals surface area contributed by atoms with E-state index in [0.717, 1.165) is 21.1 Å². The van der Waals surface area contributed by atoms with E-state index < -0.39 is 0 Å². The molecule has 0 radical (unpaired) electrons. The third-order valence-corrected chi connectivity index (χ3v) is 3.24. The molecule has 3 nitrogen and oxygen atoms in total. The van der Waals surface area contributed by atoms with E-state index in [1.807, 2.05) is 36.9 Å². The standard InChI is InChI=1S/C11H13BrN2O/c1-7(6-15)8-4-3-5-9-10(8)14(2)13-11(9)12/h3-5,7,15H,6H2,1-2H3. The summed E-state index contributed by atoms with van der Waals surface area (Å²) in [4.78, 5) is 0. The van der Waals surface area contributed by atoms with E-state index in [-0.39, 0.29) is 12.5 Å². The third kappa shape index (κ3) is 1.68. The van der Waals surface area contributed by atoms with Gasteiger partial charge in [0.15, 0.2) is 0 Å². The van der Waals surface area contributed by atoms with Crippen molar-refractivity contribution in [3.63, 3.8) is 0 Å². The van der Waals surface area contributed by atoms with Crippen LogP contribution in [0.15, 0.2) is 22.8 Å². The Morgan fingerprint density at radius 2 is 2.27 bits per heavy atom. The van der Waals surface area contributed by atoms with Gasteiger partial charge < -0.3 is 5.11 Å². The minimum absolute atomic E-state index is 0.135. The lowest BCUT2D eigenvalue weighted by Gasteiger charge is -2.10. The molecule has 1 heterocycles. The summed E-state index contributed by atoms with van der Waals surface area (Å²) < 4.78 is 2.70. The van der Waals surface area contributed by atoms with Crippen molar-refractivity contribution in [2.45, 2.75) is 12.8 Å². The molecule has 0 fully saturated rings. The van der Waals surface area contributed by atoms with Crippen molar-refractivity contribution in [2.24, 2.45) is 7.05 Å². The normalized spacial score (nSPS) is 13.3. The quantitative estimate of drug-likeness (QED) is 0.909. The summed E-state index contributed by atoms with van der Waals surface area (Å²) in [7, 11) is 1.92. The molecular formula is C11H13BrN2O. The van der Waals surface area contributed by atoms with Crippen molar-refractivity contribution in [2.75, 3.05) is 6.61 Å². The van der Waals surface area contributed by atoms with Crippen LogP contribution in [0.5, 0.6) is 0 Å². The summed E-state index contributed by atoms with van der Waals surface area (Å²) >= 11 is 3.43. The van der Waals surface area contributed by atoms with Crippen LogP contribution in [0.2, 0.25) is 0 Å². The van der Waals surface area contributed by atoms with E-state index in [0.29, 0.717) is 0 Å². The molecule has 0 saturated carbocycles. The molecule has 1 atom stereocenters. The van der Waals surface area contributed by atoms with Gasteiger partial charge in [-0.05, 0) is 21.5 Å². The van der Waals surface area contributed by atoms with Gasteiger partial charge in [0.05, 0.1) is 5.52 Å². The summed E-state index contributed by atoms with van der Waals surface area (Å²) in [5.41, 5.74) is 2.22. The van der Waals surface area contributed by atoms with Crippen molar-refractivity contribution >= 4 is 26.8 Å². The Balaban J connectivity index is 2.75. The lowest BCUT2D eigenvalue weighted by molar-refractivity contribution is 0.273. The Hall–Kier alpha value is -0.870. The van der Waals surface area contributed by atoms with Gasteiger partial charge in [-0.2, -0.15) is 5.10 Å². The Labute approximate surface area is 96.8 Å². The fraction of sp³-hybridized carbons (Fsp3) is 0.364. The van der Waals surface area contributed by atoms with E-state index >= 15 is 0 Å². The number of benzene rings is 1. The van der Waals surface area contributed by atoms with Crippen LogP contribution >= 0.6 is 15.9 Å². The Morgan fingerprint density at radius 1 is 1.53 bits per heavy atom. The molecule has 0 aliphatic rings. The highest BCUT2D eigenvalue weighted by molar-refractivity contribution is 9.10. The SMILES string of the molecule is CC(CO)c1cccc2c(Br)nn(C)c12.